The Labute approximate surface area is 166 Å². The number of aromatic nitrogens is 1. The van der Waals surface area contributed by atoms with Crippen molar-refractivity contribution in [2.24, 2.45) is 0 Å². The summed E-state index contributed by atoms with van der Waals surface area (Å²) in [6.45, 7) is 3.67. The van der Waals surface area contributed by atoms with Crippen molar-refractivity contribution in [3.05, 3.63) is 64.3 Å². The standard InChI is InChI=1S/C20H20ClN3O2S/c21-19-6-5-18(27-19)15-12-22-13-16(15)20(25)23-11-14-3-1-2-4-17(14)24-7-9-26-10-8-24/h1-6,12-13,22H,7-11H2,(H,23,25). The quantitative estimate of drug-likeness (QED) is 0.674. The number of aromatic amines is 1. The maximum absolute atomic E-state index is 12.8. The zero-order valence-corrected chi connectivity index (χ0v) is 16.3. The number of nitrogens with one attached hydrogen (secondary N) is 2. The van der Waals surface area contributed by atoms with Crippen molar-refractivity contribution in [3.63, 3.8) is 0 Å². The molecule has 0 atom stereocenters. The van der Waals surface area contributed by atoms with Gasteiger partial charge in [0.2, 0.25) is 0 Å². The van der Waals surface area contributed by atoms with E-state index in [0.29, 0.717) is 16.4 Å². The first kappa shape index (κ1) is 18.1. The van der Waals surface area contributed by atoms with Crippen LogP contribution in [-0.2, 0) is 11.3 Å². The van der Waals surface area contributed by atoms with Gasteiger partial charge in [-0.3, -0.25) is 4.79 Å². The van der Waals surface area contributed by atoms with E-state index in [2.05, 4.69) is 27.3 Å². The zero-order valence-electron chi connectivity index (χ0n) is 14.7. The number of para-hydroxylation sites is 1. The van der Waals surface area contributed by atoms with Crippen molar-refractivity contribution in [3.8, 4) is 10.4 Å². The van der Waals surface area contributed by atoms with Crippen LogP contribution in [0.3, 0.4) is 0 Å². The van der Waals surface area contributed by atoms with Crippen LogP contribution < -0.4 is 10.2 Å². The summed E-state index contributed by atoms with van der Waals surface area (Å²) >= 11 is 7.50. The molecule has 3 heterocycles. The lowest BCUT2D eigenvalue weighted by Gasteiger charge is -2.30. The van der Waals surface area contributed by atoms with Crippen LogP contribution in [0.2, 0.25) is 4.34 Å². The molecule has 5 nitrogen and oxygen atoms in total. The molecule has 1 fully saturated rings. The summed E-state index contributed by atoms with van der Waals surface area (Å²) in [4.78, 5) is 19.1. The first-order valence-electron chi connectivity index (χ1n) is 8.83. The molecule has 0 saturated carbocycles. The molecule has 0 unspecified atom stereocenters. The fourth-order valence-electron chi connectivity index (χ4n) is 3.26. The molecule has 0 bridgehead atoms. The third-order valence-electron chi connectivity index (χ3n) is 4.61. The van der Waals surface area contributed by atoms with Crippen LogP contribution in [0.15, 0.2) is 48.8 Å². The molecule has 0 radical (unpaired) electrons. The first-order chi connectivity index (χ1) is 13.2. The van der Waals surface area contributed by atoms with Crippen molar-refractivity contribution in [1.29, 1.82) is 0 Å². The average Bonchev–Trinajstić information content (AvgIpc) is 3.36. The normalized spacial score (nSPS) is 14.3. The van der Waals surface area contributed by atoms with Crippen LogP contribution in [-0.4, -0.2) is 37.2 Å². The lowest BCUT2D eigenvalue weighted by Crippen LogP contribution is -2.37. The van der Waals surface area contributed by atoms with Gasteiger partial charge in [-0.2, -0.15) is 0 Å². The molecule has 2 aromatic heterocycles. The molecule has 3 aromatic rings. The predicted octanol–water partition coefficient (Wildman–Crippen LogP) is 4.16. The number of morpholine rings is 1. The summed E-state index contributed by atoms with van der Waals surface area (Å²) in [5, 5.41) is 3.05. The number of carbonyl (C=O) groups excluding carboxylic acids is 1. The van der Waals surface area contributed by atoms with Crippen LogP contribution in [0.1, 0.15) is 15.9 Å². The van der Waals surface area contributed by atoms with Crippen LogP contribution in [0.25, 0.3) is 10.4 Å². The molecular weight excluding hydrogens is 382 g/mol. The number of nitrogens with zero attached hydrogens (tertiary/aromatic N) is 1. The first-order valence-corrected chi connectivity index (χ1v) is 10.0. The number of benzene rings is 1. The molecule has 4 rings (SSSR count). The summed E-state index contributed by atoms with van der Waals surface area (Å²) in [5.41, 5.74) is 3.74. The van der Waals surface area contributed by atoms with Gasteiger partial charge in [0.25, 0.3) is 5.91 Å². The number of H-pyrrole nitrogens is 1. The lowest BCUT2D eigenvalue weighted by atomic mass is 10.1. The Bertz CT molecular complexity index is 931. The van der Waals surface area contributed by atoms with Gasteiger partial charge >= 0.3 is 0 Å². The summed E-state index contributed by atoms with van der Waals surface area (Å²) in [7, 11) is 0. The molecule has 2 N–H and O–H groups in total. The number of ether oxygens (including phenoxy) is 1. The van der Waals surface area contributed by atoms with Crippen molar-refractivity contribution in [2.45, 2.75) is 6.54 Å². The maximum atomic E-state index is 12.8. The van der Waals surface area contributed by atoms with Crippen LogP contribution >= 0.6 is 22.9 Å². The highest BCUT2D eigenvalue weighted by Crippen LogP contribution is 2.33. The molecule has 7 heteroatoms. The second kappa shape index (κ2) is 8.17. The predicted molar refractivity (Wildman–Crippen MR) is 110 cm³/mol. The monoisotopic (exact) mass is 401 g/mol. The minimum atomic E-state index is -0.104. The minimum Gasteiger partial charge on any atom is -0.378 e. The molecular formula is C20H20ClN3O2S. The molecule has 140 valence electrons. The third kappa shape index (κ3) is 4.03. The molecule has 1 amide bonds. The van der Waals surface area contributed by atoms with Crippen molar-refractivity contribution in [1.82, 2.24) is 10.3 Å². The summed E-state index contributed by atoms with van der Waals surface area (Å²) in [6.07, 6.45) is 3.56. The Morgan fingerprint density at radius 3 is 2.78 bits per heavy atom. The third-order valence-corrected chi connectivity index (χ3v) is 5.88. The summed E-state index contributed by atoms with van der Waals surface area (Å²) < 4.78 is 6.15. The molecule has 0 spiro atoms. The zero-order chi connectivity index (χ0) is 18.6. The fraction of sp³-hybridized carbons (Fsp3) is 0.250. The van der Waals surface area contributed by atoms with Gasteiger partial charge in [0.15, 0.2) is 0 Å². The molecule has 1 saturated heterocycles. The molecule has 1 aliphatic rings. The Morgan fingerprint density at radius 2 is 2.00 bits per heavy atom. The highest BCUT2D eigenvalue weighted by Gasteiger charge is 2.17. The van der Waals surface area contributed by atoms with Crippen molar-refractivity contribution < 1.29 is 9.53 Å². The second-order valence-corrected chi connectivity index (χ2v) is 8.01. The Kier molecular flexibility index (Phi) is 5.48. The van der Waals surface area contributed by atoms with Crippen molar-refractivity contribution >= 4 is 34.5 Å². The highest BCUT2D eigenvalue weighted by molar-refractivity contribution is 7.19. The summed E-state index contributed by atoms with van der Waals surface area (Å²) in [5.74, 6) is -0.104. The lowest BCUT2D eigenvalue weighted by molar-refractivity contribution is 0.0951. The number of anilines is 1. The number of hydrogen-bond donors (Lipinski definition) is 2. The highest BCUT2D eigenvalue weighted by atomic mass is 35.5. The van der Waals surface area contributed by atoms with Crippen LogP contribution in [0, 0.1) is 0 Å². The van der Waals surface area contributed by atoms with Crippen LogP contribution in [0.5, 0.6) is 0 Å². The average molecular weight is 402 g/mol. The molecule has 1 aliphatic heterocycles. The van der Waals surface area contributed by atoms with Gasteiger partial charge in [-0.05, 0) is 23.8 Å². The van der Waals surface area contributed by atoms with Gasteiger partial charge in [0.1, 0.15) is 0 Å². The number of hydrogen-bond acceptors (Lipinski definition) is 4. The Balaban J connectivity index is 1.49. The molecule has 27 heavy (non-hydrogen) atoms. The van der Waals surface area contributed by atoms with E-state index >= 15 is 0 Å². The second-order valence-electron chi connectivity index (χ2n) is 6.30. The minimum absolute atomic E-state index is 0.104. The van der Waals surface area contributed by atoms with E-state index in [9.17, 15) is 4.79 Å². The molecule has 0 aliphatic carbocycles. The van der Waals surface area contributed by atoms with Gasteiger partial charge in [-0.1, -0.05) is 29.8 Å². The summed E-state index contributed by atoms with van der Waals surface area (Å²) in [6, 6.07) is 12.0. The molecule has 1 aromatic carbocycles. The number of rotatable bonds is 5. The van der Waals surface area contributed by atoms with E-state index in [0.717, 1.165) is 48.0 Å². The van der Waals surface area contributed by atoms with E-state index < -0.39 is 0 Å². The van der Waals surface area contributed by atoms with E-state index in [1.54, 1.807) is 6.20 Å². The van der Waals surface area contributed by atoms with Crippen molar-refractivity contribution in [2.75, 3.05) is 31.2 Å². The SMILES string of the molecule is O=C(NCc1ccccc1N1CCOCC1)c1c[nH]cc1-c1ccc(Cl)s1. The Morgan fingerprint density at radius 1 is 1.19 bits per heavy atom. The Hall–Kier alpha value is -2.28. The van der Waals surface area contributed by atoms with Crippen LogP contribution in [0.4, 0.5) is 5.69 Å². The number of thiophene rings is 1. The van der Waals surface area contributed by atoms with E-state index in [1.807, 2.05) is 30.5 Å². The number of carbonyl (C=O) groups is 1. The van der Waals surface area contributed by atoms with E-state index in [4.69, 9.17) is 16.3 Å². The van der Waals surface area contributed by atoms with Gasteiger partial charge in [0.05, 0.1) is 23.1 Å². The van der Waals surface area contributed by atoms with Gasteiger partial charge in [-0.25, -0.2) is 0 Å². The van der Waals surface area contributed by atoms with Gasteiger partial charge in [0, 0.05) is 48.2 Å². The largest absolute Gasteiger partial charge is 0.378 e. The smallest absolute Gasteiger partial charge is 0.253 e. The fourth-order valence-corrected chi connectivity index (χ4v) is 4.33. The number of amides is 1. The van der Waals surface area contributed by atoms with E-state index in [-0.39, 0.29) is 5.91 Å². The van der Waals surface area contributed by atoms with Gasteiger partial charge in [-0.15, -0.1) is 11.3 Å². The number of halogens is 1. The van der Waals surface area contributed by atoms with E-state index in [1.165, 1.54) is 11.3 Å². The topological polar surface area (TPSA) is 57.4 Å². The maximum Gasteiger partial charge on any atom is 0.253 e. The van der Waals surface area contributed by atoms with Gasteiger partial charge < -0.3 is 19.9 Å².